The van der Waals surface area contributed by atoms with Crippen LogP contribution in [0.25, 0.3) is 0 Å². The Balaban J connectivity index is 1.74. The van der Waals surface area contributed by atoms with E-state index in [1.807, 2.05) is 0 Å². The van der Waals surface area contributed by atoms with E-state index in [0.717, 1.165) is 0 Å². The molecule has 1 heterocycles. The van der Waals surface area contributed by atoms with Crippen LogP contribution in [0.2, 0.25) is 0 Å². The van der Waals surface area contributed by atoms with Crippen LogP contribution in [-0.4, -0.2) is 34.4 Å². The Bertz CT molecular complexity index is 737. The van der Waals surface area contributed by atoms with Crippen LogP contribution in [0.3, 0.4) is 0 Å². The molecule has 23 heavy (non-hydrogen) atoms. The highest BCUT2D eigenvalue weighted by Gasteiger charge is 2.04. The standard InChI is InChI=1S/C16H17N3O4/c1-12(20)13-2-4-14(5-3-13)23-10-15(21)18-8-9-19-11-17-7-6-16(19)22/h2-7,11H,8-10H2,1H3,(H,18,21). The second-order valence-corrected chi connectivity index (χ2v) is 4.83. The first kappa shape index (κ1) is 16.4. The zero-order chi connectivity index (χ0) is 16.7. The topological polar surface area (TPSA) is 90.3 Å². The minimum Gasteiger partial charge on any atom is -0.484 e. The van der Waals surface area contributed by atoms with Gasteiger partial charge >= 0.3 is 0 Å². The van der Waals surface area contributed by atoms with Gasteiger partial charge in [0.05, 0.1) is 6.33 Å². The van der Waals surface area contributed by atoms with Gasteiger partial charge in [0.15, 0.2) is 12.4 Å². The highest BCUT2D eigenvalue weighted by atomic mass is 16.5. The lowest BCUT2D eigenvalue weighted by Gasteiger charge is -2.08. The maximum Gasteiger partial charge on any atom is 0.258 e. The van der Waals surface area contributed by atoms with Crippen molar-refractivity contribution in [3.63, 3.8) is 0 Å². The van der Waals surface area contributed by atoms with Gasteiger partial charge in [-0.15, -0.1) is 0 Å². The molecule has 0 saturated heterocycles. The van der Waals surface area contributed by atoms with Gasteiger partial charge in [-0.25, -0.2) is 4.98 Å². The smallest absolute Gasteiger partial charge is 0.258 e. The molecule has 0 unspecified atom stereocenters. The molecule has 7 nitrogen and oxygen atoms in total. The Morgan fingerprint density at radius 3 is 2.61 bits per heavy atom. The molecule has 0 atom stereocenters. The number of nitrogens with zero attached hydrogens (tertiary/aromatic N) is 2. The molecule has 0 aliphatic heterocycles. The number of benzene rings is 1. The third-order valence-corrected chi connectivity index (χ3v) is 3.10. The largest absolute Gasteiger partial charge is 0.484 e. The molecule has 0 saturated carbocycles. The van der Waals surface area contributed by atoms with Crippen molar-refractivity contribution >= 4 is 11.7 Å². The van der Waals surface area contributed by atoms with E-state index in [-0.39, 0.29) is 23.9 Å². The predicted octanol–water partition coefficient (Wildman–Crippen LogP) is 0.641. The van der Waals surface area contributed by atoms with E-state index < -0.39 is 0 Å². The molecular formula is C16H17N3O4. The highest BCUT2D eigenvalue weighted by molar-refractivity contribution is 5.94. The fraction of sp³-hybridized carbons (Fsp3) is 0.250. The normalized spacial score (nSPS) is 10.1. The molecule has 2 rings (SSSR count). The lowest BCUT2D eigenvalue weighted by atomic mass is 10.1. The lowest BCUT2D eigenvalue weighted by Crippen LogP contribution is -2.33. The lowest BCUT2D eigenvalue weighted by molar-refractivity contribution is -0.123. The fourth-order valence-electron chi connectivity index (χ4n) is 1.85. The van der Waals surface area contributed by atoms with Gasteiger partial charge in [-0.2, -0.15) is 0 Å². The number of rotatable bonds is 7. The number of carbonyl (C=O) groups is 2. The maximum atomic E-state index is 11.7. The summed E-state index contributed by atoms with van der Waals surface area (Å²) >= 11 is 0. The molecular weight excluding hydrogens is 298 g/mol. The molecule has 1 aromatic carbocycles. The highest BCUT2D eigenvalue weighted by Crippen LogP contribution is 2.12. The summed E-state index contributed by atoms with van der Waals surface area (Å²) in [6.07, 6.45) is 2.84. The summed E-state index contributed by atoms with van der Waals surface area (Å²) in [5, 5.41) is 2.65. The second-order valence-electron chi connectivity index (χ2n) is 4.83. The van der Waals surface area contributed by atoms with Gasteiger partial charge < -0.3 is 10.1 Å². The van der Waals surface area contributed by atoms with E-state index in [9.17, 15) is 14.4 Å². The number of hydrogen-bond donors (Lipinski definition) is 1. The number of Topliss-reactive ketones (excluding diaryl/α,β-unsaturated/α-hetero) is 1. The predicted molar refractivity (Wildman–Crippen MR) is 83.4 cm³/mol. The van der Waals surface area contributed by atoms with Crippen molar-refractivity contribution in [3.8, 4) is 5.75 Å². The average Bonchev–Trinajstić information content (AvgIpc) is 2.55. The van der Waals surface area contributed by atoms with Crippen LogP contribution in [0.15, 0.2) is 47.7 Å². The van der Waals surface area contributed by atoms with E-state index in [1.165, 1.54) is 30.1 Å². The van der Waals surface area contributed by atoms with E-state index in [1.54, 1.807) is 24.3 Å². The SMILES string of the molecule is CC(=O)c1ccc(OCC(=O)NCCn2cnccc2=O)cc1. The molecule has 2 aromatic rings. The van der Waals surface area contributed by atoms with Gasteiger partial charge in [-0.3, -0.25) is 19.0 Å². The van der Waals surface area contributed by atoms with Crippen molar-refractivity contribution < 1.29 is 14.3 Å². The van der Waals surface area contributed by atoms with Crippen molar-refractivity contribution in [2.24, 2.45) is 0 Å². The van der Waals surface area contributed by atoms with Crippen LogP contribution in [0.4, 0.5) is 0 Å². The molecule has 0 radical (unpaired) electrons. The third-order valence-electron chi connectivity index (χ3n) is 3.10. The Labute approximate surface area is 132 Å². The second kappa shape index (κ2) is 7.88. The number of ether oxygens (including phenoxy) is 1. The van der Waals surface area contributed by atoms with Gasteiger partial charge in [0.25, 0.3) is 11.5 Å². The minimum absolute atomic E-state index is 0.0278. The van der Waals surface area contributed by atoms with Gasteiger partial charge in [-0.1, -0.05) is 0 Å². The number of ketones is 1. The van der Waals surface area contributed by atoms with Crippen LogP contribution in [0.1, 0.15) is 17.3 Å². The van der Waals surface area contributed by atoms with Gasteiger partial charge in [0.2, 0.25) is 0 Å². The minimum atomic E-state index is -0.294. The average molecular weight is 315 g/mol. The first-order chi connectivity index (χ1) is 11.1. The summed E-state index contributed by atoms with van der Waals surface area (Å²) in [4.78, 5) is 38.1. The van der Waals surface area contributed by atoms with Crippen LogP contribution in [0, 0.1) is 0 Å². The molecule has 0 fully saturated rings. The van der Waals surface area contributed by atoms with Crippen molar-refractivity contribution in [1.82, 2.24) is 14.9 Å². The van der Waals surface area contributed by atoms with Crippen molar-refractivity contribution in [2.75, 3.05) is 13.2 Å². The molecule has 120 valence electrons. The van der Waals surface area contributed by atoms with Crippen LogP contribution >= 0.6 is 0 Å². The van der Waals surface area contributed by atoms with E-state index >= 15 is 0 Å². The third kappa shape index (κ3) is 5.06. The number of carbonyl (C=O) groups excluding carboxylic acids is 2. The van der Waals surface area contributed by atoms with Gasteiger partial charge in [0, 0.05) is 30.9 Å². The first-order valence-corrected chi connectivity index (χ1v) is 7.07. The number of aromatic nitrogens is 2. The summed E-state index contributed by atoms with van der Waals surface area (Å²) in [5.74, 6) is 0.186. The monoisotopic (exact) mass is 315 g/mol. The molecule has 1 aromatic heterocycles. The number of amides is 1. The van der Waals surface area contributed by atoms with E-state index in [2.05, 4.69) is 10.3 Å². The van der Waals surface area contributed by atoms with Crippen LogP contribution in [-0.2, 0) is 11.3 Å². The quantitative estimate of drug-likeness (QED) is 0.757. The molecule has 1 amide bonds. The van der Waals surface area contributed by atoms with Gasteiger partial charge in [0.1, 0.15) is 5.75 Å². The summed E-state index contributed by atoms with van der Waals surface area (Å²) in [6.45, 7) is 1.99. The summed E-state index contributed by atoms with van der Waals surface area (Å²) < 4.78 is 6.73. The van der Waals surface area contributed by atoms with Crippen molar-refractivity contribution in [2.45, 2.75) is 13.5 Å². The molecule has 0 bridgehead atoms. The first-order valence-electron chi connectivity index (χ1n) is 7.07. The maximum absolute atomic E-state index is 11.7. The number of nitrogens with one attached hydrogen (secondary N) is 1. The van der Waals surface area contributed by atoms with Crippen LogP contribution in [0.5, 0.6) is 5.75 Å². The van der Waals surface area contributed by atoms with E-state index in [0.29, 0.717) is 24.4 Å². The Kier molecular flexibility index (Phi) is 5.62. The van der Waals surface area contributed by atoms with Crippen molar-refractivity contribution in [1.29, 1.82) is 0 Å². The van der Waals surface area contributed by atoms with Crippen molar-refractivity contribution in [3.05, 3.63) is 58.8 Å². The molecule has 1 N–H and O–H groups in total. The summed E-state index contributed by atoms with van der Waals surface area (Å²) in [6, 6.07) is 7.92. The Morgan fingerprint density at radius 2 is 1.96 bits per heavy atom. The van der Waals surface area contributed by atoms with E-state index in [4.69, 9.17) is 4.74 Å². The Morgan fingerprint density at radius 1 is 1.22 bits per heavy atom. The molecule has 0 aliphatic rings. The van der Waals surface area contributed by atoms with Crippen LogP contribution < -0.4 is 15.6 Å². The summed E-state index contributed by atoms with van der Waals surface area (Å²) in [7, 11) is 0. The van der Waals surface area contributed by atoms with Gasteiger partial charge in [-0.05, 0) is 31.2 Å². The fourth-order valence-corrected chi connectivity index (χ4v) is 1.85. The zero-order valence-electron chi connectivity index (χ0n) is 12.7. The molecule has 7 heteroatoms. The molecule has 0 aliphatic carbocycles. The number of hydrogen-bond acceptors (Lipinski definition) is 5. The Hall–Kier alpha value is -2.96. The molecule has 0 spiro atoms. The zero-order valence-corrected chi connectivity index (χ0v) is 12.7. The summed E-state index contributed by atoms with van der Waals surface area (Å²) in [5.41, 5.74) is 0.416.